The van der Waals surface area contributed by atoms with Crippen LogP contribution in [0.25, 0.3) is 0 Å². The Morgan fingerprint density at radius 3 is 2.88 bits per heavy atom. The summed E-state index contributed by atoms with van der Waals surface area (Å²) in [6.45, 7) is 11.1. The molecule has 1 heterocycles. The van der Waals surface area contributed by atoms with Gasteiger partial charge in [-0.05, 0) is 33.9 Å². The maximum atomic E-state index is 5.04. The van der Waals surface area contributed by atoms with Crippen LogP contribution in [-0.4, -0.2) is 75.4 Å². The van der Waals surface area contributed by atoms with Gasteiger partial charge in [0.2, 0.25) is 0 Å². The van der Waals surface area contributed by atoms with Gasteiger partial charge in [0, 0.05) is 45.4 Å². The lowest BCUT2D eigenvalue weighted by atomic mass is 10.2. The fourth-order valence-electron chi connectivity index (χ4n) is 2.65. The minimum Gasteiger partial charge on any atom is -0.383 e. The molecule has 0 radical (unpaired) electrons. The fraction of sp³-hybridized carbons (Fsp3) is 1.00. The Bertz CT molecular complexity index is 201. The van der Waals surface area contributed by atoms with E-state index in [9.17, 15) is 0 Å². The molecule has 4 nitrogen and oxygen atoms in total. The second-order valence-corrected chi connectivity index (χ2v) is 5.25. The summed E-state index contributed by atoms with van der Waals surface area (Å²) < 4.78 is 5.04. The molecule has 1 aliphatic heterocycles. The van der Waals surface area contributed by atoms with Crippen LogP contribution in [-0.2, 0) is 4.74 Å². The molecule has 0 aromatic rings. The number of nitrogens with one attached hydrogen (secondary N) is 1. The van der Waals surface area contributed by atoms with Crippen molar-refractivity contribution in [1.29, 1.82) is 0 Å². The summed E-state index contributed by atoms with van der Waals surface area (Å²) in [5.41, 5.74) is 0. The second kappa shape index (κ2) is 8.03. The molecule has 1 rings (SSSR count). The van der Waals surface area contributed by atoms with Crippen LogP contribution < -0.4 is 5.32 Å². The highest BCUT2D eigenvalue weighted by Crippen LogP contribution is 2.11. The maximum absolute atomic E-state index is 5.04. The first-order chi connectivity index (χ1) is 8.15. The van der Waals surface area contributed by atoms with Crippen molar-refractivity contribution >= 4 is 0 Å². The first-order valence-corrected chi connectivity index (χ1v) is 6.79. The molecule has 0 aromatic heterocycles. The molecule has 1 N–H and O–H groups in total. The van der Waals surface area contributed by atoms with E-state index in [0.717, 1.165) is 19.7 Å². The Labute approximate surface area is 106 Å². The van der Waals surface area contributed by atoms with Crippen molar-refractivity contribution in [3.05, 3.63) is 0 Å². The van der Waals surface area contributed by atoms with E-state index in [4.69, 9.17) is 4.74 Å². The van der Waals surface area contributed by atoms with Gasteiger partial charge >= 0.3 is 0 Å². The van der Waals surface area contributed by atoms with Crippen molar-refractivity contribution in [2.45, 2.75) is 32.4 Å². The van der Waals surface area contributed by atoms with Crippen LogP contribution in [0.2, 0.25) is 0 Å². The summed E-state index contributed by atoms with van der Waals surface area (Å²) in [5, 5.41) is 3.46. The van der Waals surface area contributed by atoms with E-state index in [2.05, 4.69) is 36.0 Å². The fourth-order valence-corrected chi connectivity index (χ4v) is 2.65. The number of ether oxygens (including phenoxy) is 1. The van der Waals surface area contributed by atoms with Crippen LogP contribution in [0.15, 0.2) is 0 Å². The monoisotopic (exact) mass is 243 g/mol. The lowest BCUT2D eigenvalue weighted by molar-refractivity contribution is 0.145. The third kappa shape index (κ3) is 5.34. The quantitative estimate of drug-likeness (QED) is 0.693. The van der Waals surface area contributed by atoms with E-state index in [1.54, 1.807) is 7.11 Å². The van der Waals surface area contributed by atoms with Crippen LogP contribution in [0.1, 0.15) is 20.3 Å². The lowest BCUT2D eigenvalue weighted by Crippen LogP contribution is -2.47. The molecule has 2 atom stereocenters. The highest BCUT2D eigenvalue weighted by atomic mass is 16.5. The van der Waals surface area contributed by atoms with E-state index in [0.29, 0.717) is 12.1 Å². The Kier molecular flexibility index (Phi) is 7.04. The van der Waals surface area contributed by atoms with Crippen molar-refractivity contribution in [3.63, 3.8) is 0 Å². The van der Waals surface area contributed by atoms with Gasteiger partial charge in [0.1, 0.15) is 0 Å². The minimum absolute atomic E-state index is 0.605. The Morgan fingerprint density at radius 2 is 2.18 bits per heavy atom. The molecular weight excluding hydrogens is 214 g/mol. The third-order valence-electron chi connectivity index (χ3n) is 3.59. The second-order valence-electron chi connectivity index (χ2n) is 5.25. The van der Waals surface area contributed by atoms with Crippen LogP contribution in [0.3, 0.4) is 0 Å². The third-order valence-corrected chi connectivity index (χ3v) is 3.59. The standard InChI is InChI=1S/C13H29N3O/c1-12(10-14-6-9-17-4)16-8-5-7-15(3)11-13(16)2/h12-14H,5-11H2,1-4H3. The van der Waals surface area contributed by atoms with Gasteiger partial charge in [0.15, 0.2) is 0 Å². The molecule has 0 amide bonds. The maximum Gasteiger partial charge on any atom is 0.0587 e. The average molecular weight is 243 g/mol. The molecule has 0 aliphatic carbocycles. The average Bonchev–Trinajstić information content (AvgIpc) is 2.45. The largest absolute Gasteiger partial charge is 0.383 e. The van der Waals surface area contributed by atoms with Crippen molar-refractivity contribution in [2.24, 2.45) is 0 Å². The van der Waals surface area contributed by atoms with Crippen LogP contribution in [0, 0.1) is 0 Å². The molecular formula is C13H29N3O. The summed E-state index contributed by atoms with van der Waals surface area (Å²) in [5.74, 6) is 0. The van der Waals surface area contributed by atoms with Gasteiger partial charge in [-0.25, -0.2) is 0 Å². The Hall–Kier alpha value is -0.160. The van der Waals surface area contributed by atoms with Crippen molar-refractivity contribution < 1.29 is 4.74 Å². The molecule has 1 aliphatic rings. The highest BCUT2D eigenvalue weighted by molar-refractivity contribution is 4.80. The summed E-state index contributed by atoms with van der Waals surface area (Å²) in [7, 11) is 3.97. The van der Waals surface area contributed by atoms with Gasteiger partial charge in [-0.15, -0.1) is 0 Å². The van der Waals surface area contributed by atoms with E-state index < -0.39 is 0 Å². The number of hydrogen-bond acceptors (Lipinski definition) is 4. The number of hydrogen-bond donors (Lipinski definition) is 1. The lowest BCUT2D eigenvalue weighted by Gasteiger charge is -2.33. The van der Waals surface area contributed by atoms with Crippen LogP contribution in [0.4, 0.5) is 0 Å². The van der Waals surface area contributed by atoms with Crippen LogP contribution >= 0.6 is 0 Å². The number of methoxy groups -OCH3 is 1. The summed E-state index contributed by atoms with van der Waals surface area (Å²) in [6.07, 6.45) is 1.28. The molecule has 17 heavy (non-hydrogen) atoms. The smallest absolute Gasteiger partial charge is 0.0587 e. The molecule has 0 spiro atoms. The predicted octanol–water partition coefficient (Wildman–Crippen LogP) is 0.637. The molecule has 4 heteroatoms. The van der Waals surface area contributed by atoms with Gasteiger partial charge in [-0.3, -0.25) is 4.90 Å². The number of rotatable bonds is 6. The SMILES string of the molecule is COCCNCC(C)N1CCCN(C)CC1C. The zero-order chi connectivity index (χ0) is 12.7. The molecule has 0 bridgehead atoms. The summed E-state index contributed by atoms with van der Waals surface area (Å²) >= 11 is 0. The number of nitrogens with zero attached hydrogens (tertiary/aromatic N) is 2. The first-order valence-electron chi connectivity index (χ1n) is 6.79. The zero-order valence-corrected chi connectivity index (χ0v) is 11.9. The van der Waals surface area contributed by atoms with Crippen molar-refractivity contribution in [2.75, 3.05) is 53.5 Å². The van der Waals surface area contributed by atoms with Crippen molar-refractivity contribution in [3.8, 4) is 0 Å². The van der Waals surface area contributed by atoms with E-state index in [1.165, 1.54) is 26.1 Å². The van der Waals surface area contributed by atoms with Gasteiger partial charge in [-0.1, -0.05) is 0 Å². The first kappa shape index (κ1) is 14.9. The summed E-state index contributed by atoms with van der Waals surface area (Å²) in [4.78, 5) is 5.07. The van der Waals surface area contributed by atoms with E-state index >= 15 is 0 Å². The van der Waals surface area contributed by atoms with E-state index in [-0.39, 0.29) is 0 Å². The Balaban J connectivity index is 2.30. The molecule has 0 aromatic carbocycles. The Morgan fingerprint density at radius 1 is 1.41 bits per heavy atom. The molecule has 2 unspecified atom stereocenters. The van der Waals surface area contributed by atoms with Gasteiger partial charge in [-0.2, -0.15) is 0 Å². The molecule has 1 fully saturated rings. The highest BCUT2D eigenvalue weighted by Gasteiger charge is 2.23. The van der Waals surface area contributed by atoms with E-state index in [1.807, 2.05) is 0 Å². The summed E-state index contributed by atoms with van der Waals surface area (Å²) in [6, 6.07) is 1.26. The molecule has 1 saturated heterocycles. The normalized spacial score (nSPS) is 25.8. The van der Waals surface area contributed by atoms with Gasteiger partial charge in [0.25, 0.3) is 0 Å². The predicted molar refractivity (Wildman–Crippen MR) is 72.5 cm³/mol. The topological polar surface area (TPSA) is 27.7 Å². The minimum atomic E-state index is 0.605. The van der Waals surface area contributed by atoms with Gasteiger partial charge < -0.3 is 15.0 Å². The van der Waals surface area contributed by atoms with Crippen molar-refractivity contribution in [1.82, 2.24) is 15.1 Å². The molecule has 0 saturated carbocycles. The number of likely N-dealkylation sites (N-methyl/N-ethyl adjacent to an activating group) is 1. The zero-order valence-electron chi connectivity index (χ0n) is 11.9. The van der Waals surface area contributed by atoms with Crippen LogP contribution in [0.5, 0.6) is 0 Å². The molecule has 102 valence electrons. The van der Waals surface area contributed by atoms with Gasteiger partial charge in [0.05, 0.1) is 6.61 Å².